The van der Waals surface area contributed by atoms with Crippen LogP contribution in [0.4, 0.5) is 0 Å². The first kappa shape index (κ1) is 27.3. The zero-order valence-corrected chi connectivity index (χ0v) is 21.8. The number of nitrogens with zero attached hydrogens (tertiary/aromatic N) is 2. The third-order valence-electron chi connectivity index (χ3n) is 6.87. The van der Waals surface area contributed by atoms with Crippen LogP contribution in [0.2, 0.25) is 0 Å². The van der Waals surface area contributed by atoms with E-state index in [4.69, 9.17) is 11.1 Å². The van der Waals surface area contributed by atoms with Gasteiger partial charge in [-0.25, -0.2) is 4.79 Å². The fourth-order valence-corrected chi connectivity index (χ4v) is 7.70. The highest BCUT2D eigenvalue weighted by Crippen LogP contribution is 2.52. The molecule has 7 atom stereocenters. The number of carboxylic acid groups (broad SMARTS) is 1. The molecule has 13 heteroatoms. The predicted molar refractivity (Wildman–Crippen MR) is 134 cm³/mol. The average molecular weight is 528 g/mol. The van der Waals surface area contributed by atoms with Gasteiger partial charge in [-0.1, -0.05) is 6.92 Å². The number of amidine groups is 1. The predicted octanol–water partition coefficient (Wildman–Crippen LogP) is 0.0366. The summed E-state index contributed by atoms with van der Waals surface area (Å²) >= 11 is 2.75. The molecule has 6 N–H and O–H groups in total. The lowest BCUT2D eigenvalue weighted by atomic mass is 9.79. The number of aliphatic carboxylic acids is 1. The lowest BCUT2D eigenvalue weighted by Gasteiger charge is -2.46. The van der Waals surface area contributed by atoms with E-state index in [9.17, 15) is 29.4 Å². The number of thioether (sulfide) groups is 2. The van der Waals surface area contributed by atoms with E-state index in [1.807, 2.05) is 18.1 Å². The number of fused-ring (bicyclic) bond motifs is 1. The van der Waals surface area contributed by atoms with Gasteiger partial charge < -0.3 is 31.1 Å². The minimum atomic E-state index is -1.18. The Labute approximate surface area is 212 Å². The van der Waals surface area contributed by atoms with Crippen LogP contribution in [0, 0.1) is 17.2 Å². The lowest BCUT2D eigenvalue weighted by molar-refractivity contribution is -0.163. The zero-order valence-electron chi connectivity index (χ0n) is 20.2. The first-order valence-corrected chi connectivity index (χ1v) is 13.6. The van der Waals surface area contributed by atoms with Crippen molar-refractivity contribution < 1.29 is 29.4 Å². The van der Waals surface area contributed by atoms with Crippen LogP contribution in [0.15, 0.2) is 10.6 Å². The van der Waals surface area contributed by atoms with Gasteiger partial charge in [-0.05, 0) is 26.5 Å². The summed E-state index contributed by atoms with van der Waals surface area (Å²) in [6, 6.07) is -0.674. The van der Waals surface area contributed by atoms with Crippen LogP contribution in [0.5, 0.6) is 0 Å². The molecule has 3 heterocycles. The molecule has 0 aliphatic carbocycles. The van der Waals surface area contributed by atoms with Gasteiger partial charge in [0.05, 0.1) is 29.9 Å². The van der Waals surface area contributed by atoms with Crippen molar-refractivity contribution in [2.75, 3.05) is 19.3 Å². The summed E-state index contributed by atoms with van der Waals surface area (Å²) in [6.07, 6.45) is 1.52. The number of carboxylic acids is 1. The average Bonchev–Trinajstić information content (AvgIpc) is 3.26. The zero-order chi connectivity index (χ0) is 26.2. The highest BCUT2D eigenvalue weighted by atomic mass is 32.2. The first-order chi connectivity index (χ1) is 16.4. The van der Waals surface area contributed by atoms with Gasteiger partial charge in [0.2, 0.25) is 17.7 Å². The van der Waals surface area contributed by atoms with Gasteiger partial charge in [-0.2, -0.15) is 0 Å². The van der Waals surface area contributed by atoms with Crippen LogP contribution >= 0.6 is 23.5 Å². The molecule has 3 aliphatic heterocycles. The molecule has 35 heavy (non-hydrogen) atoms. The minimum Gasteiger partial charge on any atom is -0.477 e. The number of amides is 3. The molecule has 1 unspecified atom stereocenters. The van der Waals surface area contributed by atoms with Gasteiger partial charge in [0.15, 0.2) is 0 Å². The number of aliphatic hydroxyl groups is 1. The number of β-lactam (4-membered cyclic amide) rings is 1. The molecular formula is C22H33N5O6S2. The second-order valence-corrected chi connectivity index (χ2v) is 11.5. The summed E-state index contributed by atoms with van der Waals surface area (Å²) in [5.74, 6) is -2.86. The Bertz CT molecular complexity index is 957. The molecule has 0 aromatic rings. The maximum atomic E-state index is 12.8. The van der Waals surface area contributed by atoms with Gasteiger partial charge in [-0.15, -0.1) is 23.5 Å². The van der Waals surface area contributed by atoms with E-state index >= 15 is 0 Å². The van der Waals surface area contributed by atoms with Gasteiger partial charge in [0, 0.05) is 35.6 Å². The number of carbonyl (C=O) groups is 4. The minimum absolute atomic E-state index is 0.0263. The summed E-state index contributed by atoms with van der Waals surface area (Å²) < 4.78 is 0. The molecule has 0 aromatic carbocycles. The number of carbonyl (C=O) groups excluding carboxylic acids is 3. The maximum Gasteiger partial charge on any atom is 0.353 e. The summed E-state index contributed by atoms with van der Waals surface area (Å²) in [4.78, 5) is 52.3. The number of hydrogen-bond donors (Lipinski definition) is 5. The second kappa shape index (κ2) is 10.8. The molecule has 0 aromatic heterocycles. The number of likely N-dealkylation sites (tertiary alicyclic amines) is 1. The quantitative estimate of drug-likeness (QED) is 0.149. The van der Waals surface area contributed by atoms with E-state index in [1.54, 1.807) is 13.8 Å². The third-order valence-corrected chi connectivity index (χ3v) is 9.40. The van der Waals surface area contributed by atoms with E-state index in [0.29, 0.717) is 23.7 Å². The Morgan fingerprint density at radius 2 is 2.00 bits per heavy atom. The SMILES string of the molecule is CSC(C(=O)NCCC(N)=O)[C@@H]1C[C@H](SC2=C(C(=O)O)N3C(=O)[C@H]([C@@H](C)O)[C@H]3[C@H]2C)CN1C(C)=N. The Morgan fingerprint density at radius 3 is 2.51 bits per heavy atom. The van der Waals surface area contributed by atoms with Crippen LogP contribution in [0.25, 0.3) is 0 Å². The topological polar surface area (TPSA) is 177 Å². The molecule has 2 fully saturated rings. The number of hydrogen-bond acceptors (Lipinski definition) is 8. The molecule has 194 valence electrons. The van der Waals surface area contributed by atoms with Gasteiger partial charge in [0.25, 0.3) is 0 Å². The van der Waals surface area contributed by atoms with Crippen molar-refractivity contribution >= 4 is 53.1 Å². The fourth-order valence-electron chi connectivity index (χ4n) is 5.29. The van der Waals surface area contributed by atoms with Crippen molar-refractivity contribution in [2.24, 2.45) is 17.6 Å². The third kappa shape index (κ3) is 5.17. The number of aliphatic hydroxyl groups excluding tert-OH is 1. The second-order valence-electron chi connectivity index (χ2n) is 9.22. The van der Waals surface area contributed by atoms with Crippen molar-refractivity contribution in [3.05, 3.63) is 10.6 Å². The van der Waals surface area contributed by atoms with Crippen LogP contribution in [-0.2, 0) is 19.2 Å². The number of nitrogens with one attached hydrogen (secondary N) is 2. The van der Waals surface area contributed by atoms with Crippen molar-refractivity contribution in [1.29, 1.82) is 5.41 Å². The molecule has 3 aliphatic rings. The molecule has 2 saturated heterocycles. The van der Waals surface area contributed by atoms with Gasteiger partial charge >= 0.3 is 5.97 Å². The van der Waals surface area contributed by atoms with Crippen LogP contribution in [0.1, 0.15) is 33.6 Å². The Kier molecular flexibility index (Phi) is 8.43. The van der Waals surface area contributed by atoms with Gasteiger partial charge in [-0.3, -0.25) is 19.8 Å². The molecule has 0 bridgehead atoms. The summed E-state index contributed by atoms with van der Waals surface area (Å²) in [7, 11) is 0. The van der Waals surface area contributed by atoms with Crippen molar-refractivity contribution in [1.82, 2.24) is 15.1 Å². The maximum absolute atomic E-state index is 12.8. The van der Waals surface area contributed by atoms with E-state index in [-0.39, 0.29) is 53.7 Å². The molecule has 0 radical (unpaired) electrons. The lowest BCUT2D eigenvalue weighted by Crippen LogP contribution is -2.63. The monoisotopic (exact) mass is 527 g/mol. The first-order valence-electron chi connectivity index (χ1n) is 11.5. The molecule has 0 spiro atoms. The normalized spacial score (nSPS) is 29.5. The van der Waals surface area contributed by atoms with Crippen LogP contribution in [-0.4, -0.2) is 97.6 Å². The summed E-state index contributed by atoms with van der Waals surface area (Å²) in [6.45, 7) is 5.67. The molecule has 3 amide bonds. The smallest absolute Gasteiger partial charge is 0.353 e. The van der Waals surface area contributed by atoms with Crippen molar-refractivity contribution in [3.8, 4) is 0 Å². The number of rotatable bonds is 10. The van der Waals surface area contributed by atoms with Crippen LogP contribution in [0.3, 0.4) is 0 Å². The highest BCUT2D eigenvalue weighted by Gasteiger charge is 2.60. The molecular weight excluding hydrogens is 494 g/mol. The van der Waals surface area contributed by atoms with E-state index < -0.39 is 29.1 Å². The number of primary amides is 1. The van der Waals surface area contributed by atoms with Gasteiger partial charge in [0.1, 0.15) is 10.9 Å². The standard InChI is InChI=1S/C22H33N5O6S2/c1-9-16-15(10(2)28)21(31)27(16)17(22(32)33)18(9)35-12-7-13(26(8-12)11(3)23)19(34-4)20(30)25-6-5-14(24)29/h9-10,12-13,15-16,19,23,28H,5-8H2,1-4H3,(H2,24,29)(H,25,30)(H,32,33)/t9-,10-,12+,13+,15-,16-,19?/m1/s1. The van der Waals surface area contributed by atoms with E-state index in [1.165, 1.54) is 28.4 Å². The number of nitrogens with two attached hydrogens (primary N) is 1. The van der Waals surface area contributed by atoms with E-state index in [2.05, 4.69) is 5.32 Å². The van der Waals surface area contributed by atoms with Crippen molar-refractivity contribution in [3.63, 3.8) is 0 Å². The fraction of sp³-hybridized carbons (Fsp3) is 0.682. The van der Waals surface area contributed by atoms with Crippen LogP contribution < -0.4 is 11.1 Å². The molecule has 0 saturated carbocycles. The van der Waals surface area contributed by atoms with Crippen molar-refractivity contribution in [2.45, 2.75) is 62.3 Å². The summed E-state index contributed by atoms with van der Waals surface area (Å²) in [5, 5.41) is 30.3. The Morgan fingerprint density at radius 1 is 1.34 bits per heavy atom. The largest absolute Gasteiger partial charge is 0.477 e. The molecule has 3 rings (SSSR count). The van der Waals surface area contributed by atoms with E-state index in [0.717, 1.165) is 0 Å². The Hall–Kier alpha value is -2.25. The Balaban J connectivity index is 1.79. The molecule has 11 nitrogen and oxygen atoms in total. The summed E-state index contributed by atoms with van der Waals surface area (Å²) in [5.41, 5.74) is 5.12. The highest BCUT2D eigenvalue weighted by molar-refractivity contribution is 8.03.